The van der Waals surface area contributed by atoms with Crippen molar-refractivity contribution < 1.29 is 13.9 Å². The molecule has 1 saturated carbocycles. The maximum Gasteiger partial charge on any atom is 0.246 e. The second kappa shape index (κ2) is 10.4. The molecule has 0 bridgehead atoms. The zero-order valence-corrected chi connectivity index (χ0v) is 18.0. The second-order valence-electron chi connectivity index (χ2n) is 8.61. The molecule has 1 aliphatic heterocycles. The van der Waals surface area contributed by atoms with Crippen LogP contribution in [0, 0.1) is 5.82 Å². The zero-order valence-electron chi connectivity index (χ0n) is 18.0. The minimum absolute atomic E-state index is 0.0607. The lowest BCUT2D eigenvalue weighted by Crippen LogP contribution is -2.59. The van der Waals surface area contributed by atoms with Crippen molar-refractivity contribution in [2.75, 3.05) is 38.2 Å². The molecule has 1 aliphatic carbocycles. The van der Waals surface area contributed by atoms with Gasteiger partial charge in [-0.05, 0) is 42.7 Å². The maximum atomic E-state index is 13.3. The van der Waals surface area contributed by atoms with Gasteiger partial charge in [-0.2, -0.15) is 0 Å². The molecular formula is C25H32FN3O2. The van der Waals surface area contributed by atoms with Crippen molar-refractivity contribution in [3.05, 3.63) is 66.0 Å². The highest BCUT2D eigenvalue weighted by Gasteiger charge is 2.39. The van der Waals surface area contributed by atoms with Crippen LogP contribution in [0.15, 0.2) is 54.6 Å². The highest BCUT2D eigenvalue weighted by molar-refractivity contribution is 5.95. The van der Waals surface area contributed by atoms with E-state index < -0.39 is 6.04 Å². The fourth-order valence-corrected chi connectivity index (χ4v) is 4.90. The minimum atomic E-state index is -0.480. The first-order valence-electron chi connectivity index (χ1n) is 11.3. The lowest BCUT2D eigenvalue weighted by molar-refractivity contribution is -0.118. The number of morpholine rings is 1. The molecule has 1 atom stereocenters. The van der Waals surface area contributed by atoms with Gasteiger partial charge in [0, 0.05) is 30.9 Å². The van der Waals surface area contributed by atoms with E-state index in [0.717, 1.165) is 51.3 Å². The maximum absolute atomic E-state index is 13.3. The van der Waals surface area contributed by atoms with Crippen molar-refractivity contribution >= 4 is 11.6 Å². The topological polar surface area (TPSA) is 53.6 Å². The number of benzene rings is 2. The van der Waals surface area contributed by atoms with Crippen LogP contribution >= 0.6 is 0 Å². The fourth-order valence-electron chi connectivity index (χ4n) is 4.90. The number of nitrogens with zero attached hydrogens (tertiary/aromatic N) is 1. The Balaban J connectivity index is 1.52. The minimum Gasteiger partial charge on any atom is -0.379 e. The lowest BCUT2D eigenvalue weighted by atomic mass is 9.79. The molecule has 6 heteroatoms. The normalized spacial score (nSPS) is 20.2. The van der Waals surface area contributed by atoms with Gasteiger partial charge in [0.1, 0.15) is 11.9 Å². The molecule has 0 radical (unpaired) electrons. The van der Waals surface area contributed by atoms with Crippen LogP contribution in [0.25, 0.3) is 0 Å². The van der Waals surface area contributed by atoms with Crippen LogP contribution in [0.5, 0.6) is 0 Å². The number of halogens is 1. The van der Waals surface area contributed by atoms with E-state index >= 15 is 0 Å². The van der Waals surface area contributed by atoms with Crippen LogP contribution < -0.4 is 10.6 Å². The molecule has 2 fully saturated rings. The van der Waals surface area contributed by atoms with Crippen LogP contribution in [0.1, 0.15) is 43.7 Å². The molecule has 0 unspecified atom stereocenters. The molecule has 2 aromatic rings. The molecule has 0 aromatic heterocycles. The first kappa shape index (κ1) is 21.9. The highest BCUT2D eigenvalue weighted by Crippen LogP contribution is 2.34. The molecule has 1 saturated heterocycles. The molecule has 2 aromatic carbocycles. The Morgan fingerprint density at radius 2 is 1.68 bits per heavy atom. The van der Waals surface area contributed by atoms with E-state index in [2.05, 4.69) is 15.5 Å². The van der Waals surface area contributed by atoms with Crippen molar-refractivity contribution in [2.45, 2.75) is 43.7 Å². The molecule has 1 amide bonds. The van der Waals surface area contributed by atoms with Gasteiger partial charge in [0.25, 0.3) is 0 Å². The van der Waals surface area contributed by atoms with Gasteiger partial charge in [0.15, 0.2) is 0 Å². The van der Waals surface area contributed by atoms with Crippen molar-refractivity contribution in [2.24, 2.45) is 0 Å². The third-order valence-corrected chi connectivity index (χ3v) is 6.61. The van der Waals surface area contributed by atoms with Crippen molar-refractivity contribution in [1.29, 1.82) is 0 Å². The molecule has 2 aliphatic rings. The number of nitrogens with one attached hydrogen (secondary N) is 2. The Morgan fingerprint density at radius 1 is 1.00 bits per heavy atom. The van der Waals surface area contributed by atoms with Crippen LogP contribution in [0.4, 0.5) is 10.1 Å². The summed E-state index contributed by atoms with van der Waals surface area (Å²) in [5.41, 5.74) is 1.58. The first-order chi connectivity index (χ1) is 15.2. The van der Waals surface area contributed by atoms with Crippen molar-refractivity contribution in [3.8, 4) is 0 Å². The summed E-state index contributed by atoms with van der Waals surface area (Å²) in [6.07, 6.45) is 6.00. The third-order valence-electron chi connectivity index (χ3n) is 6.61. The Hall–Kier alpha value is -2.28. The Labute approximate surface area is 184 Å². The van der Waals surface area contributed by atoms with Crippen LogP contribution in [-0.4, -0.2) is 49.2 Å². The van der Waals surface area contributed by atoms with Gasteiger partial charge < -0.3 is 15.4 Å². The van der Waals surface area contributed by atoms with E-state index in [1.165, 1.54) is 31.4 Å². The van der Waals surface area contributed by atoms with Gasteiger partial charge >= 0.3 is 0 Å². The second-order valence-corrected chi connectivity index (χ2v) is 8.61. The number of hydrogen-bond donors (Lipinski definition) is 2. The first-order valence-corrected chi connectivity index (χ1v) is 11.3. The van der Waals surface area contributed by atoms with Gasteiger partial charge in [-0.3, -0.25) is 9.69 Å². The Kier molecular flexibility index (Phi) is 7.33. The number of rotatable bonds is 7. The van der Waals surface area contributed by atoms with Crippen molar-refractivity contribution in [1.82, 2.24) is 10.2 Å². The third kappa shape index (κ3) is 5.50. The Bertz CT molecular complexity index is 832. The average molecular weight is 426 g/mol. The van der Waals surface area contributed by atoms with E-state index in [1.807, 2.05) is 30.3 Å². The smallest absolute Gasteiger partial charge is 0.246 e. The molecule has 166 valence electrons. The summed E-state index contributed by atoms with van der Waals surface area (Å²) in [6.45, 7) is 4.19. The van der Waals surface area contributed by atoms with Gasteiger partial charge in [0.05, 0.1) is 13.2 Å². The van der Waals surface area contributed by atoms with E-state index in [-0.39, 0.29) is 17.3 Å². The summed E-state index contributed by atoms with van der Waals surface area (Å²) < 4.78 is 18.8. The highest BCUT2D eigenvalue weighted by atomic mass is 19.1. The number of carbonyl (C=O) groups is 1. The summed E-state index contributed by atoms with van der Waals surface area (Å²) >= 11 is 0. The largest absolute Gasteiger partial charge is 0.379 e. The van der Waals surface area contributed by atoms with E-state index in [4.69, 9.17) is 4.74 Å². The van der Waals surface area contributed by atoms with Crippen LogP contribution in [-0.2, 0) is 9.53 Å². The SMILES string of the molecule is O=C(Nc1ccc(F)cc1)[C@H](NCC1(N2CCOCC2)CCCCC1)c1ccccc1. The number of hydrogen-bond acceptors (Lipinski definition) is 4. The predicted molar refractivity (Wildman–Crippen MR) is 120 cm³/mol. The number of carbonyl (C=O) groups excluding carboxylic acids is 1. The summed E-state index contributed by atoms with van der Waals surface area (Å²) in [6, 6.07) is 15.2. The van der Waals surface area contributed by atoms with E-state index in [1.54, 1.807) is 12.1 Å². The van der Waals surface area contributed by atoms with Crippen LogP contribution in [0.3, 0.4) is 0 Å². The standard InChI is InChI=1S/C25H32FN3O2/c26-21-9-11-22(12-10-21)28-24(30)23(20-7-3-1-4-8-20)27-19-25(13-5-2-6-14-25)29-15-17-31-18-16-29/h1,3-4,7-12,23,27H,2,5-6,13-19H2,(H,28,30)/t23-/m1/s1. The molecule has 0 spiro atoms. The summed E-state index contributed by atoms with van der Waals surface area (Å²) in [5.74, 6) is -0.453. The number of anilines is 1. The van der Waals surface area contributed by atoms with Crippen molar-refractivity contribution in [3.63, 3.8) is 0 Å². The molecule has 4 rings (SSSR count). The zero-order chi connectivity index (χ0) is 21.5. The summed E-state index contributed by atoms with van der Waals surface area (Å²) in [4.78, 5) is 15.8. The lowest BCUT2D eigenvalue weighted by Gasteiger charge is -2.48. The van der Waals surface area contributed by atoms with Gasteiger partial charge in [-0.25, -0.2) is 4.39 Å². The fraction of sp³-hybridized carbons (Fsp3) is 0.480. The van der Waals surface area contributed by atoms with E-state index in [0.29, 0.717) is 5.69 Å². The van der Waals surface area contributed by atoms with Crippen LogP contribution in [0.2, 0.25) is 0 Å². The van der Waals surface area contributed by atoms with Gasteiger partial charge in [0.2, 0.25) is 5.91 Å². The molecule has 5 nitrogen and oxygen atoms in total. The predicted octanol–water partition coefficient (Wildman–Crippen LogP) is 4.13. The Morgan fingerprint density at radius 3 is 2.35 bits per heavy atom. The molecule has 31 heavy (non-hydrogen) atoms. The summed E-state index contributed by atoms with van der Waals surface area (Å²) in [7, 11) is 0. The molecule has 1 heterocycles. The average Bonchev–Trinajstić information content (AvgIpc) is 2.82. The molecule has 2 N–H and O–H groups in total. The van der Waals surface area contributed by atoms with Gasteiger partial charge in [-0.1, -0.05) is 49.6 Å². The number of amides is 1. The molecular weight excluding hydrogens is 393 g/mol. The number of ether oxygens (including phenoxy) is 1. The summed E-state index contributed by atoms with van der Waals surface area (Å²) in [5, 5.41) is 6.55. The van der Waals surface area contributed by atoms with E-state index in [9.17, 15) is 9.18 Å². The quantitative estimate of drug-likeness (QED) is 0.700. The monoisotopic (exact) mass is 425 g/mol. The van der Waals surface area contributed by atoms with Gasteiger partial charge in [-0.15, -0.1) is 0 Å².